The highest BCUT2D eigenvalue weighted by atomic mass is 32.2. The van der Waals surface area contributed by atoms with Crippen LogP contribution in [0.4, 0.5) is 0 Å². The number of rotatable bonds is 8. The van der Waals surface area contributed by atoms with Crippen molar-refractivity contribution >= 4 is 11.8 Å². The Morgan fingerprint density at radius 1 is 1.05 bits per heavy atom. The molecule has 114 valence electrons. The molecule has 6 heteroatoms. The summed E-state index contributed by atoms with van der Waals surface area (Å²) in [6, 6.07) is 0. The summed E-state index contributed by atoms with van der Waals surface area (Å²) in [5.41, 5.74) is 0. The average Bonchev–Trinajstić information content (AvgIpc) is 2.42. The molecule has 5 atom stereocenters. The van der Waals surface area contributed by atoms with Crippen molar-refractivity contribution in [2.24, 2.45) is 0 Å². The average molecular weight is 294 g/mol. The molecule has 5 nitrogen and oxygen atoms in total. The van der Waals surface area contributed by atoms with Gasteiger partial charge in [-0.1, -0.05) is 26.2 Å². The predicted molar refractivity (Wildman–Crippen MR) is 75.2 cm³/mol. The van der Waals surface area contributed by atoms with Gasteiger partial charge in [0.2, 0.25) is 0 Å². The zero-order valence-electron chi connectivity index (χ0n) is 11.7. The second-order valence-corrected chi connectivity index (χ2v) is 6.04. The van der Waals surface area contributed by atoms with Crippen molar-refractivity contribution < 1.29 is 24.8 Å². The van der Waals surface area contributed by atoms with Gasteiger partial charge in [-0.15, -0.1) is 0 Å². The number of hydrogen-bond donors (Lipinski definition) is 3. The summed E-state index contributed by atoms with van der Waals surface area (Å²) < 4.78 is 10.4. The lowest BCUT2D eigenvalue weighted by molar-refractivity contribution is -0.284. The normalized spacial score (nSPS) is 35.5. The molecule has 0 aromatic heterocycles. The van der Waals surface area contributed by atoms with Crippen LogP contribution in [0, 0.1) is 0 Å². The van der Waals surface area contributed by atoms with Crippen LogP contribution in [0.15, 0.2) is 0 Å². The lowest BCUT2D eigenvalue weighted by Crippen LogP contribution is -2.58. The summed E-state index contributed by atoms with van der Waals surface area (Å²) in [5, 5.41) is 29.2. The smallest absolute Gasteiger partial charge is 0.186 e. The Bertz CT molecular complexity index is 239. The zero-order valence-corrected chi connectivity index (χ0v) is 12.5. The predicted octanol–water partition coefficient (Wildman–Crippen LogP) is 0.754. The summed E-state index contributed by atoms with van der Waals surface area (Å²) in [4.78, 5) is 0. The van der Waals surface area contributed by atoms with Gasteiger partial charge < -0.3 is 24.8 Å². The van der Waals surface area contributed by atoms with E-state index < -0.39 is 30.7 Å². The Morgan fingerprint density at radius 3 is 2.42 bits per heavy atom. The number of ether oxygens (including phenoxy) is 2. The lowest BCUT2D eigenvalue weighted by Gasteiger charge is -2.39. The second kappa shape index (κ2) is 9.15. The lowest BCUT2D eigenvalue weighted by atomic mass is 10.00. The molecule has 0 aromatic carbocycles. The van der Waals surface area contributed by atoms with E-state index in [4.69, 9.17) is 9.47 Å². The Labute approximate surface area is 119 Å². The van der Waals surface area contributed by atoms with Gasteiger partial charge in [-0.2, -0.15) is 11.8 Å². The molecule has 1 aliphatic heterocycles. The topological polar surface area (TPSA) is 79.2 Å². The van der Waals surface area contributed by atoms with Gasteiger partial charge in [-0.3, -0.25) is 0 Å². The Hall–Kier alpha value is 0.150. The molecule has 1 fully saturated rings. The highest BCUT2D eigenvalue weighted by molar-refractivity contribution is 7.99. The van der Waals surface area contributed by atoms with Gasteiger partial charge in [-0.05, 0) is 12.2 Å². The largest absolute Gasteiger partial charge is 0.388 e. The summed E-state index contributed by atoms with van der Waals surface area (Å²) in [5.74, 6) is 1.61. The number of methoxy groups -OCH3 is 1. The first-order chi connectivity index (χ1) is 9.11. The van der Waals surface area contributed by atoms with E-state index in [1.165, 1.54) is 26.4 Å². The number of hydrogen-bond acceptors (Lipinski definition) is 6. The highest BCUT2D eigenvalue weighted by Gasteiger charge is 2.43. The molecular formula is C13H26O5S. The fourth-order valence-electron chi connectivity index (χ4n) is 2.08. The van der Waals surface area contributed by atoms with Crippen LogP contribution < -0.4 is 0 Å². The SMILES string of the molecule is CCCCCCSC[C@H]1O[C@H](OC)[C@H](O)[C@@H](O)[C@@H]1O. The van der Waals surface area contributed by atoms with Gasteiger partial charge in [0.25, 0.3) is 0 Å². The monoisotopic (exact) mass is 294 g/mol. The maximum absolute atomic E-state index is 9.86. The molecule has 0 aromatic rings. The fourth-order valence-corrected chi connectivity index (χ4v) is 3.16. The maximum Gasteiger partial charge on any atom is 0.186 e. The molecule has 0 unspecified atom stereocenters. The molecule has 0 aliphatic carbocycles. The van der Waals surface area contributed by atoms with Gasteiger partial charge in [0.15, 0.2) is 6.29 Å². The van der Waals surface area contributed by atoms with Crippen molar-refractivity contribution in [2.75, 3.05) is 18.6 Å². The van der Waals surface area contributed by atoms with Crippen LogP contribution in [0.1, 0.15) is 32.6 Å². The Kier molecular flexibility index (Phi) is 8.29. The van der Waals surface area contributed by atoms with Crippen molar-refractivity contribution in [3.05, 3.63) is 0 Å². The summed E-state index contributed by atoms with van der Waals surface area (Å²) in [6.45, 7) is 2.18. The Morgan fingerprint density at radius 2 is 1.79 bits per heavy atom. The highest BCUT2D eigenvalue weighted by Crippen LogP contribution is 2.24. The number of thioether (sulfide) groups is 1. The molecule has 0 radical (unpaired) electrons. The molecule has 0 spiro atoms. The van der Waals surface area contributed by atoms with Gasteiger partial charge in [0.05, 0.1) is 6.10 Å². The first-order valence-corrected chi connectivity index (χ1v) is 8.07. The molecule has 0 saturated carbocycles. The van der Waals surface area contributed by atoms with E-state index in [1.807, 2.05) is 0 Å². The summed E-state index contributed by atoms with van der Waals surface area (Å²) >= 11 is 1.70. The van der Waals surface area contributed by atoms with Gasteiger partial charge in [0, 0.05) is 12.9 Å². The molecule has 0 amide bonds. The van der Waals surface area contributed by atoms with Crippen molar-refractivity contribution in [1.82, 2.24) is 0 Å². The molecule has 1 aliphatic rings. The van der Waals surface area contributed by atoms with Crippen LogP contribution in [0.25, 0.3) is 0 Å². The van der Waals surface area contributed by atoms with Crippen molar-refractivity contribution in [1.29, 1.82) is 0 Å². The van der Waals surface area contributed by atoms with Gasteiger partial charge >= 0.3 is 0 Å². The quantitative estimate of drug-likeness (QED) is 0.574. The van der Waals surface area contributed by atoms with Crippen molar-refractivity contribution in [3.8, 4) is 0 Å². The zero-order chi connectivity index (χ0) is 14.3. The second-order valence-electron chi connectivity index (χ2n) is 4.89. The third kappa shape index (κ3) is 5.21. The van der Waals surface area contributed by atoms with E-state index in [0.29, 0.717) is 5.75 Å². The minimum Gasteiger partial charge on any atom is -0.388 e. The van der Waals surface area contributed by atoms with E-state index >= 15 is 0 Å². The molecular weight excluding hydrogens is 268 g/mol. The van der Waals surface area contributed by atoms with Gasteiger partial charge in [-0.25, -0.2) is 0 Å². The van der Waals surface area contributed by atoms with E-state index in [9.17, 15) is 15.3 Å². The van der Waals surface area contributed by atoms with Crippen LogP contribution in [-0.2, 0) is 9.47 Å². The van der Waals surface area contributed by atoms with Crippen molar-refractivity contribution in [2.45, 2.75) is 63.3 Å². The van der Waals surface area contributed by atoms with Crippen LogP contribution in [0.3, 0.4) is 0 Å². The first-order valence-electron chi connectivity index (χ1n) is 6.92. The molecule has 1 heterocycles. The van der Waals surface area contributed by atoms with Crippen molar-refractivity contribution in [3.63, 3.8) is 0 Å². The standard InChI is InChI=1S/C13H26O5S/c1-3-4-5-6-7-19-8-9-10(14)11(15)12(16)13(17-2)18-9/h9-16H,3-8H2,1-2H3/t9-,10-,11+,12-,13+/m1/s1. The van der Waals surface area contributed by atoms with Crippen LogP contribution in [-0.4, -0.2) is 64.6 Å². The summed E-state index contributed by atoms with van der Waals surface area (Å²) in [6.07, 6.45) is -0.0164. The fraction of sp³-hybridized carbons (Fsp3) is 1.00. The molecule has 0 bridgehead atoms. The summed E-state index contributed by atoms with van der Waals surface area (Å²) in [7, 11) is 1.41. The minimum absolute atomic E-state index is 0.500. The minimum atomic E-state index is -1.22. The van der Waals surface area contributed by atoms with Crippen LogP contribution in [0.2, 0.25) is 0 Å². The van der Waals surface area contributed by atoms with E-state index in [0.717, 1.165) is 12.2 Å². The molecule has 3 N–H and O–H groups in total. The number of aliphatic hydroxyl groups excluding tert-OH is 3. The molecule has 19 heavy (non-hydrogen) atoms. The Balaban J connectivity index is 2.28. The number of unbranched alkanes of at least 4 members (excludes halogenated alkanes) is 3. The van der Waals surface area contributed by atoms with E-state index in [2.05, 4.69) is 6.92 Å². The van der Waals surface area contributed by atoms with E-state index in [-0.39, 0.29) is 0 Å². The van der Waals surface area contributed by atoms with Crippen LogP contribution >= 0.6 is 11.8 Å². The van der Waals surface area contributed by atoms with E-state index in [1.54, 1.807) is 11.8 Å². The first kappa shape index (κ1) is 17.2. The third-order valence-electron chi connectivity index (χ3n) is 3.33. The maximum atomic E-state index is 9.86. The molecule has 1 saturated heterocycles. The number of aliphatic hydroxyl groups is 3. The van der Waals surface area contributed by atoms with Crippen LogP contribution in [0.5, 0.6) is 0 Å². The molecule has 1 rings (SSSR count). The third-order valence-corrected chi connectivity index (χ3v) is 4.47. The van der Waals surface area contributed by atoms with Gasteiger partial charge in [0.1, 0.15) is 18.3 Å².